The van der Waals surface area contributed by atoms with Gasteiger partial charge in [0.2, 0.25) is 15.9 Å². The lowest BCUT2D eigenvalue weighted by molar-refractivity contribution is -0.120. The molecule has 7 heteroatoms. The minimum atomic E-state index is -4.02. The zero-order valence-corrected chi connectivity index (χ0v) is 18.1. The summed E-state index contributed by atoms with van der Waals surface area (Å²) in [5, 5.41) is 2.90. The summed E-state index contributed by atoms with van der Waals surface area (Å²) in [6.07, 6.45) is 0.257. The zero-order valence-electron chi connectivity index (χ0n) is 17.3. The van der Waals surface area contributed by atoms with Crippen LogP contribution in [0.3, 0.4) is 0 Å². The van der Waals surface area contributed by atoms with Crippen molar-refractivity contribution in [3.63, 3.8) is 0 Å². The van der Waals surface area contributed by atoms with E-state index < -0.39 is 27.8 Å². The van der Waals surface area contributed by atoms with Crippen molar-refractivity contribution < 1.29 is 17.6 Å². The molecule has 1 N–H and O–H groups in total. The number of hydrogen-bond donors (Lipinski definition) is 1. The van der Waals surface area contributed by atoms with Gasteiger partial charge in [0.15, 0.2) is 0 Å². The lowest BCUT2D eigenvalue weighted by atomic mass is 9.95. The predicted molar refractivity (Wildman–Crippen MR) is 118 cm³/mol. The lowest BCUT2D eigenvalue weighted by Crippen LogP contribution is -2.50. The first-order chi connectivity index (χ1) is 14.8. The van der Waals surface area contributed by atoms with E-state index in [9.17, 15) is 17.6 Å². The second-order valence-corrected chi connectivity index (χ2v) is 9.69. The molecule has 0 saturated carbocycles. The van der Waals surface area contributed by atoms with Crippen molar-refractivity contribution in [1.29, 1.82) is 0 Å². The summed E-state index contributed by atoms with van der Waals surface area (Å²) in [7, 11) is -4.02. The van der Waals surface area contributed by atoms with E-state index >= 15 is 0 Å². The van der Waals surface area contributed by atoms with E-state index in [0.717, 1.165) is 34.4 Å². The number of halogens is 1. The molecule has 4 rings (SSSR count). The highest BCUT2D eigenvalue weighted by Crippen LogP contribution is 2.30. The van der Waals surface area contributed by atoms with E-state index in [1.165, 1.54) is 16.4 Å². The van der Waals surface area contributed by atoms with Crippen molar-refractivity contribution in [2.24, 2.45) is 0 Å². The molecule has 0 fully saturated rings. The molecule has 1 atom stereocenters. The Bertz CT molecular complexity index is 1240. The van der Waals surface area contributed by atoms with E-state index in [2.05, 4.69) is 5.32 Å². The van der Waals surface area contributed by atoms with Gasteiger partial charge < -0.3 is 5.32 Å². The van der Waals surface area contributed by atoms with Gasteiger partial charge in [0, 0.05) is 12.2 Å². The molecule has 3 aromatic carbocycles. The van der Waals surface area contributed by atoms with Gasteiger partial charge in [0.1, 0.15) is 11.9 Å². The fourth-order valence-corrected chi connectivity index (χ4v) is 5.45. The summed E-state index contributed by atoms with van der Waals surface area (Å²) in [6.45, 7) is 3.93. The number of aryl methyl sites for hydroxylation is 2. The summed E-state index contributed by atoms with van der Waals surface area (Å²) >= 11 is 0. The van der Waals surface area contributed by atoms with Crippen LogP contribution in [0.5, 0.6) is 0 Å². The maximum Gasteiger partial charge on any atom is 0.244 e. The SMILES string of the molecule is Cc1ccc(NC(=O)C2Cc3ccccc3CN2S(=O)(=O)c2ccc(F)cc2)c(C)c1. The normalized spacial score (nSPS) is 16.5. The zero-order chi connectivity index (χ0) is 22.2. The van der Waals surface area contributed by atoms with Gasteiger partial charge in [-0.25, -0.2) is 12.8 Å². The van der Waals surface area contributed by atoms with Crippen molar-refractivity contribution >= 4 is 21.6 Å². The number of carbonyl (C=O) groups excluding carboxylic acids is 1. The van der Waals surface area contributed by atoms with Crippen molar-refractivity contribution in [2.75, 3.05) is 5.32 Å². The second kappa shape index (κ2) is 8.24. The number of anilines is 1. The molecule has 0 aliphatic carbocycles. The van der Waals surface area contributed by atoms with E-state index in [4.69, 9.17) is 0 Å². The molecule has 1 unspecified atom stereocenters. The molecule has 1 aliphatic rings. The fraction of sp³-hybridized carbons (Fsp3) is 0.208. The van der Waals surface area contributed by atoms with Crippen LogP contribution in [0.15, 0.2) is 71.6 Å². The van der Waals surface area contributed by atoms with Crippen molar-refractivity contribution in [3.8, 4) is 0 Å². The first-order valence-corrected chi connectivity index (χ1v) is 11.4. The van der Waals surface area contributed by atoms with Crippen LogP contribution in [-0.4, -0.2) is 24.7 Å². The minimum Gasteiger partial charge on any atom is -0.324 e. The number of fused-ring (bicyclic) bond motifs is 1. The van der Waals surface area contributed by atoms with Crippen LogP contribution >= 0.6 is 0 Å². The van der Waals surface area contributed by atoms with Crippen molar-refractivity contribution in [3.05, 3.63) is 94.8 Å². The van der Waals surface area contributed by atoms with Crippen LogP contribution in [0.2, 0.25) is 0 Å². The third-order valence-electron chi connectivity index (χ3n) is 5.57. The van der Waals surface area contributed by atoms with Gasteiger partial charge in [-0.15, -0.1) is 0 Å². The van der Waals surface area contributed by atoms with Gasteiger partial charge in [0.05, 0.1) is 4.90 Å². The molecule has 0 spiro atoms. The van der Waals surface area contributed by atoms with E-state index in [-0.39, 0.29) is 17.9 Å². The van der Waals surface area contributed by atoms with Crippen molar-refractivity contribution in [2.45, 2.75) is 37.8 Å². The second-order valence-electron chi connectivity index (χ2n) is 7.80. The number of sulfonamides is 1. The van der Waals surface area contributed by atoms with E-state index in [1.807, 2.05) is 56.3 Å². The number of benzene rings is 3. The molecule has 1 heterocycles. The fourth-order valence-electron chi connectivity index (χ4n) is 3.89. The van der Waals surface area contributed by atoms with Crippen LogP contribution < -0.4 is 5.32 Å². The maximum absolute atomic E-state index is 13.4. The molecule has 1 aliphatic heterocycles. The number of amides is 1. The highest BCUT2D eigenvalue weighted by molar-refractivity contribution is 7.89. The summed E-state index contributed by atoms with van der Waals surface area (Å²) in [5.41, 5.74) is 4.41. The lowest BCUT2D eigenvalue weighted by Gasteiger charge is -2.35. The highest BCUT2D eigenvalue weighted by atomic mass is 32.2. The molecule has 31 heavy (non-hydrogen) atoms. The molecule has 5 nitrogen and oxygen atoms in total. The third kappa shape index (κ3) is 4.24. The Morgan fingerprint density at radius 2 is 1.68 bits per heavy atom. The molecule has 160 valence electrons. The van der Waals surface area contributed by atoms with Gasteiger partial charge in [-0.2, -0.15) is 4.31 Å². The molecule has 3 aromatic rings. The van der Waals surface area contributed by atoms with Crippen LogP contribution in [0, 0.1) is 19.7 Å². The average Bonchev–Trinajstić information content (AvgIpc) is 2.75. The molecule has 1 amide bonds. The van der Waals surface area contributed by atoms with Gasteiger partial charge in [-0.05, 0) is 67.3 Å². The Kier molecular flexibility index (Phi) is 5.64. The van der Waals surface area contributed by atoms with Crippen LogP contribution in [0.4, 0.5) is 10.1 Å². The van der Waals surface area contributed by atoms with Crippen LogP contribution in [0.25, 0.3) is 0 Å². The predicted octanol–water partition coefficient (Wildman–Crippen LogP) is 4.20. The molecule has 0 radical (unpaired) electrons. The number of hydrogen-bond acceptors (Lipinski definition) is 3. The number of nitrogens with zero attached hydrogens (tertiary/aromatic N) is 1. The van der Waals surface area contributed by atoms with E-state index in [0.29, 0.717) is 5.69 Å². The summed E-state index contributed by atoms with van der Waals surface area (Å²) in [4.78, 5) is 13.2. The largest absolute Gasteiger partial charge is 0.324 e. The standard InChI is InChI=1S/C24H23FN2O3S/c1-16-7-12-22(17(2)13-16)26-24(28)23-14-18-5-3-4-6-19(18)15-27(23)31(29,30)21-10-8-20(25)9-11-21/h3-13,23H,14-15H2,1-2H3,(H,26,28). The molecular weight excluding hydrogens is 415 g/mol. The average molecular weight is 439 g/mol. The molecular formula is C24H23FN2O3S. The Morgan fingerprint density at radius 3 is 2.35 bits per heavy atom. The Balaban J connectivity index is 1.72. The Hall–Kier alpha value is -3.03. The first kappa shape index (κ1) is 21.2. The molecule has 0 bridgehead atoms. The quantitative estimate of drug-likeness (QED) is 0.664. The highest BCUT2D eigenvalue weighted by Gasteiger charge is 2.39. The summed E-state index contributed by atoms with van der Waals surface area (Å²) in [6, 6.07) is 16.9. The number of carbonyl (C=O) groups is 1. The van der Waals surface area contributed by atoms with Gasteiger partial charge in [-0.3, -0.25) is 4.79 Å². The van der Waals surface area contributed by atoms with Gasteiger partial charge in [0.25, 0.3) is 0 Å². The first-order valence-electron chi connectivity index (χ1n) is 9.98. The summed E-state index contributed by atoms with van der Waals surface area (Å²) < 4.78 is 41.4. The van der Waals surface area contributed by atoms with E-state index in [1.54, 1.807) is 0 Å². The van der Waals surface area contributed by atoms with Crippen LogP contribution in [-0.2, 0) is 27.8 Å². The number of rotatable bonds is 4. The number of nitrogens with one attached hydrogen (secondary N) is 1. The summed E-state index contributed by atoms with van der Waals surface area (Å²) in [5.74, 6) is -0.917. The monoisotopic (exact) mass is 438 g/mol. The van der Waals surface area contributed by atoms with Crippen molar-refractivity contribution in [1.82, 2.24) is 4.31 Å². The van der Waals surface area contributed by atoms with Gasteiger partial charge >= 0.3 is 0 Å². The minimum absolute atomic E-state index is 0.0439. The smallest absolute Gasteiger partial charge is 0.244 e. The Labute approximate surface area is 181 Å². The van der Waals surface area contributed by atoms with Gasteiger partial charge in [-0.1, -0.05) is 42.0 Å². The third-order valence-corrected chi connectivity index (χ3v) is 7.44. The maximum atomic E-state index is 13.4. The topological polar surface area (TPSA) is 66.5 Å². The molecule has 0 saturated heterocycles. The molecule has 0 aromatic heterocycles. The Morgan fingerprint density at radius 1 is 1.00 bits per heavy atom. The van der Waals surface area contributed by atoms with Crippen LogP contribution in [0.1, 0.15) is 22.3 Å².